The lowest BCUT2D eigenvalue weighted by Crippen LogP contribution is -2.42. The quantitative estimate of drug-likeness (QED) is 0.801. The van der Waals surface area contributed by atoms with E-state index in [0.717, 1.165) is 5.56 Å². The number of carbonyl (C=O) groups is 2. The zero-order valence-electron chi connectivity index (χ0n) is 16.3. The molecular weight excluding hydrogens is 365 g/mol. The van der Waals surface area contributed by atoms with Gasteiger partial charge >= 0.3 is 0 Å². The molecule has 1 aromatic heterocycles. The van der Waals surface area contributed by atoms with Gasteiger partial charge in [-0.2, -0.15) is 0 Å². The molecule has 0 aliphatic carbocycles. The van der Waals surface area contributed by atoms with E-state index in [4.69, 9.17) is 4.74 Å². The van der Waals surface area contributed by atoms with E-state index >= 15 is 0 Å². The summed E-state index contributed by atoms with van der Waals surface area (Å²) in [6, 6.07) is 5.92. The van der Waals surface area contributed by atoms with Crippen molar-refractivity contribution >= 4 is 17.6 Å². The Bertz CT molecular complexity index is 998. The number of hydrogen-bond acceptors (Lipinski definition) is 4. The van der Waals surface area contributed by atoms with Crippen LogP contribution in [0.15, 0.2) is 29.1 Å². The van der Waals surface area contributed by atoms with Crippen LogP contribution in [0, 0.1) is 5.82 Å². The molecule has 0 atom stereocenters. The lowest BCUT2D eigenvalue weighted by atomic mass is 9.97. The van der Waals surface area contributed by atoms with Gasteiger partial charge in [0, 0.05) is 39.7 Å². The zero-order valence-corrected chi connectivity index (χ0v) is 16.3. The molecule has 0 N–H and O–H groups in total. The zero-order chi connectivity index (χ0) is 20.6. The summed E-state index contributed by atoms with van der Waals surface area (Å²) in [7, 11) is 4.46. The highest BCUT2D eigenvalue weighted by molar-refractivity contribution is 6.02. The average Bonchev–Trinajstić information content (AvgIpc) is 2.67. The van der Waals surface area contributed by atoms with Crippen molar-refractivity contribution in [3.8, 4) is 5.75 Å². The maximum Gasteiger partial charge on any atom is 0.295 e. The fourth-order valence-corrected chi connectivity index (χ4v) is 3.50. The largest absolute Gasteiger partial charge is 0.490 e. The highest BCUT2D eigenvalue weighted by Crippen LogP contribution is 2.32. The van der Waals surface area contributed by atoms with Crippen LogP contribution < -0.4 is 15.2 Å². The number of fused-ring (bicyclic) bond motifs is 1. The Balaban J connectivity index is 2.09. The van der Waals surface area contributed by atoms with Gasteiger partial charge in [0.2, 0.25) is 5.91 Å². The van der Waals surface area contributed by atoms with Gasteiger partial charge in [-0.15, -0.1) is 0 Å². The first-order chi connectivity index (χ1) is 13.3. The minimum atomic E-state index is -0.485. The summed E-state index contributed by atoms with van der Waals surface area (Å²) >= 11 is 0. The molecule has 0 saturated heterocycles. The Morgan fingerprint density at radius 1 is 1.25 bits per heavy atom. The molecule has 0 fully saturated rings. The van der Waals surface area contributed by atoms with Crippen LogP contribution >= 0.6 is 0 Å². The minimum Gasteiger partial charge on any atom is -0.490 e. The topological polar surface area (TPSA) is 71.8 Å². The van der Waals surface area contributed by atoms with E-state index in [1.54, 1.807) is 31.1 Å². The van der Waals surface area contributed by atoms with Gasteiger partial charge in [0.1, 0.15) is 11.6 Å². The van der Waals surface area contributed by atoms with Crippen LogP contribution in [0.2, 0.25) is 0 Å². The van der Waals surface area contributed by atoms with Gasteiger partial charge in [0.05, 0.1) is 12.7 Å². The summed E-state index contributed by atoms with van der Waals surface area (Å²) < 4.78 is 19.7. The van der Waals surface area contributed by atoms with Crippen molar-refractivity contribution in [2.24, 2.45) is 7.05 Å². The molecule has 148 valence electrons. The van der Waals surface area contributed by atoms with Crippen LogP contribution in [0.5, 0.6) is 5.75 Å². The number of anilines is 1. The maximum atomic E-state index is 13.2. The molecule has 2 aromatic rings. The summed E-state index contributed by atoms with van der Waals surface area (Å²) in [5, 5.41) is 0. The third-order valence-corrected chi connectivity index (χ3v) is 5.03. The molecule has 2 amide bonds. The van der Waals surface area contributed by atoms with Crippen molar-refractivity contribution in [3.63, 3.8) is 0 Å². The van der Waals surface area contributed by atoms with Gasteiger partial charge in [-0.25, -0.2) is 4.39 Å². The first kappa shape index (κ1) is 19.6. The molecule has 8 heteroatoms. The summed E-state index contributed by atoms with van der Waals surface area (Å²) in [5.74, 6) is -0.585. The summed E-state index contributed by atoms with van der Waals surface area (Å²) in [6.45, 7) is 2.09. The van der Waals surface area contributed by atoms with E-state index in [1.165, 1.54) is 35.6 Å². The molecule has 0 saturated carbocycles. The molecule has 0 bridgehead atoms. The summed E-state index contributed by atoms with van der Waals surface area (Å²) in [4.78, 5) is 40.8. The Labute approximate surface area is 161 Å². The van der Waals surface area contributed by atoms with Crippen molar-refractivity contribution in [1.82, 2.24) is 9.47 Å². The Kier molecular flexibility index (Phi) is 5.22. The van der Waals surface area contributed by atoms with Crippen LogP contribution in [0.1, 0.15) is 28.4 Å². The number of halogens is 1. The van der Waals surface area contributed by atoms with Crippen molar-refractivity contribution < 1.29 is 18.7 Å². The molecular formula is C20H22FN3O4. The van der Waals surface area contributed by atoms with Crippen LogP contribution in [-0.2, 0) is 24.8 Å². The second-order valence-electron chi connectivity index (χ2n) is 6.76. The SMILES string of the molecule is COc1c2c(c(N(C)C(C)=O)n(C)c1=O)CCN(Cc1ccc(F)cc1)C2=O. The summed E-state index contributed by atoms with van der Waals surface area (Å²) in [5.41, 5.74) is 1.09. The number of rotatable bonds is 4. The molecule has 7 nitrogen and oxygen atoms in total. The standard InChI is InChI=1S/C20H22FN3O4/c1-12(25)22(2)18-15-9-10-24(11-13-5-7-14(21)8-6-13)19(26)16(15)17(28-4)20(27)23(18)3/h5-8H,9-11H2,1-4H3. The Morgan fingerprint density at radius 3 is 2.46 bits per heavy atom. The van der Waals surface area contributed by atoms with Gasteiger partial charge in [-0.3, -0.25) is 19.0 Å². The maximum absolute atomic E-state index is 13.2. The Hall–Kier alpha value is -3.16. The second kappa shape index (κ2) is 7.46. The number of aromatic nitrogens is 1. The van der Waals surface area contributed by atoms with Gasteiger partial charge in [0.15, 0.2) is 5.75 Å². The molecule has 0 spiro atoms. The molecule has 1 aliphatic heterocycles. The lowest BCUT2D eigenvalue weighted by Gasteiger charge is -2.33. The molecule has 28 heavy (non-hydrogen) atoms. The third-order valence-electron chi connectivity index (χ3n) is 5.03. The number of carbonyl (C=O) groups excluding carboxylic acids is 2. The number of pyridine rings is 1. The number of hydrogen-bond donors (Lipinski definition) is 0. The Morgan fingerprint density at radius 2 is 1.89 bits per heavy atom. The molecule has 0 unspecified atom stereocenters. The van der Waals surface area contributed by atoms with Gasteiger partial charge in [0.25, 0.3) is 11.5 Å². The number of amides is 2. The average molecular weight is 387 g/mol. The van der Waals surface area contributed by atoms with Gasteiger partial charge in [-0.05, 0) is 24.1 Å². The van der Waals surface area contributed by atoms with E-state index in [0.29, 0.717) is 24.3 Å². The van der Waals surface area contributed by atoms with E-state index in [1.807, 2.05) is 0 Å². The van der Waals surface area contributed by atoms with Crippen LogP contribution in [0.4, 0.5) is 10.2 Å². The monoisotopic (exact) mass is 387 g/mol. The molecule has 1 aliphatic rings. The highest BCUT2D eigenvalue weighted by Gasteiger charge is 2.34. The molecule has 2 heterocycles. The first-order valence-corrected chi connectivity index (χ1v) is 8.84. The van der Waals surface area contributed by atoms with Crippen LogP contribution in [-0.4, -0.2) is 42.0 Å². The first-order valence-electron chi connectivity index (χ1n) is 8.84. The normalized spacial score (nSPS) is 13.3. The number of ether oxygens (including phenoxy) is 1. The van der Waals surface area contributed by atoms with Gasteiger partial charge in [-0.1, -0.05) is 12.1 Å². The fourth-order valence-electron chi connectivity index (χ4n) is 3.50. The number of nitrogens with zero attached hydrogens (tertiary/aromatic N) is 3. The number of benzene rings is 1. The van der Waals surface area contributed by atoms with Crippen LogP contribution in [0.25, 0.3) is 0 Å². The molecule has 3 rings (SSSR count). The van der Waals surface area contributed by atoms with Crippen LogP contribution in [0.3, 0.4) is 0 Å². The van der Waals surface area contributed by atoms with E-state index in [9.17, 15) is 18.8 Å². The number of methoxy groups -OCH3 is 1. The third kappa shape index (κ3) is 3.26. The lowest BCUT2D eigenvalue weighted by molar-refractivity contribution is -0.116. The molecule has 1 aromatic carbocycles. The fraction of sp³-hybridized carbons (Fsp3) is 0.350. The predicted octanol–water partition coefficient (Wildman–Crippen LogP) is 1.71. The van der Waals surface area contributed by atoms with E-state index < -0.39 is 5.56 Å². The smallest absolute Gasteiger partial charge is 0.295 e. The minimum absolute atomic E-state index is 0.0352. The van der Waals surface area contributed by atoms with Crippen molar-refractivity contribution in [2.45, 2.75) is 19.9 Å². The van der Waals surface area contributed by atoms with Crippen molar-refractivity contribution in [2.75, 3.05) is 25.6 Å². The van der Waals surface area contributed by atoms with Crippen molar-refractivity contribution in [1.29, 1.82) is 0 Å². The second-order valence-corrected chi connectivity index (χ2v) is 6.76. The van der Waals surface area contributed by atoms with E-state index in [2.05, 4.69) is 0 Å². The summed E-state index contributed by atoms with van der Waals surface area (Å²) in [6.07, 6.45) is 0.458. The van der Waals surface area contributed by atoms with E-state index in [-0.39, 0.29) is 35.5 Å². The van der Waals surface area contributed by atoms with Gasteiger partial charge < -0.3 is 14.5 Å². The van der Waals surface area contributed by atoms with Crippen molar-refractivity contribution in [3.05, 3.63) is 57.1 Å². The highest BCUT2D eigenvalue weighted by atomic mass is 19.1. The molecule has 0 radical (unpaired) electrons. The predicted molar refractivity (Wildman–Crippen MR) is 102 cm³/mol.